The van der Waals surface area contributed by atoms with Crippen molar-refractivity contribution in [3.05, 3.63) is 53.3 Å². The van der Waals surface area contributed by atoms with Gasteiger partial charge >= 0.3 is 0 Å². The zero-order chi connectivity index (χ0) is 17.9. The molecule has 1 aromatic carbocycles. The normalized spacial score (nSPS) is 21.2. The SMILES string of the molecule is O=C(C1CCN(c2ncccn2)CC1)N1CCCC1c1cccc(Cl)c1. The fourth-order valence-electron chi connectivity index (χ4n) is 4.11. The summed E-state index contributed by atoms with van der Waals surface area (Å²) in [5, 5.41) is 0.734. The fraction of sp³-hybridized carbons (Fsp3) is 0.450. The summed E-state index contributed by atoms with van der Waals surface area (Å²) in [6.07, 6.45) is 7.31. The van der Waals surface area contributed by atoms with Gasteiger partial charge in [-0.05, 0) is 49.4 Å². The first-order chi connectivity index (χ1) is 12.7. The molecule has 0 spiro atoms. The van der Waals surface area contributed by atoms with Gasteiger partial charge in [-0.2, -0.15) is 0 Å². The third-order valence-electron chi connectivity index (χ3n) is 5.45. The van der Waals surface area contributed by atoms with E-state index in [9.17, 15) is 4.79 Å². The van der Waals surface area contributed by atoms with Crippen LogP contribution >= 0.6 is 11.6 Å². The fourth-order valence-corrected chi connectivity index (χ4v) is 4.31. The molecular weight excluding hydrogens is 348 g/mol. The molecule has 3 heterocycles. The van der Waals surface area contributed by atoms with Crippen molar-refractivity contribution >= 4 is 23.5 Å². The molecule has 2 aromatic rings. The Hall–Kier alpha value is -2.14. The molecule has 0 N–H and O–H groups in total. The van der Waals surface area contributed by atoms with E-state index in [-0.39, 0.29) is 12.0 Å². The average molecular weight is 371 g/mol. The van der Waals surface area contributed by atoms with Crippen LogP contribution in [0, 0.1) is 5.92 Å². The summed E-state index contributed by atoms with van der Waals surface area (Å²) in [6.45, 7) is 2.50. The monoisotopic (exact) mass is 370 g/mol. The van der Waals surface area contributed by atoms with Crippen molar-refractivity contribution in [2.75, 3.05) is 24.5 Å². The lowest BCUT2D eigenvalue weighted by atomic mass is 9.94. The molecule has 136 valence electrons. The van der Waals surface area contributed by atoms with E-state index in [1.807, 2.05) is 24.3 Å². The number of likely N-dealkylation sites (tertiary alicyclic amines) is 1. The molecule has 0 radical (unpaired) electrons. The van der Waals surface area contributed by atoms with Crippen LogP contribution in [0.4, 0.5) is 5.95 Å². The van der Waals surface area contributed by atoms with Crippen LogP contribution in [0.25, 0.3) is 0 Å². The van der Waals surface area contributed by atoms with Crippen LogP contribution < -0.4 is 4.90 Å². The van der Waals surface area contributed by atoms with Crippen LogP contribution in [0.15, 0.2) is 42.7 Å². The van der Waals surface area contributed by atoms with Gasteiger partial charge in [0.1, 0.15) is 0 Å². The smallest absolute Gasteiger partial charge is 0.226 e. The van der Waals surface area contributed by atoms with Crippen LogP contribution in [0.2, 0.25) is 5.02 Å². The number of anilines is 1. The minimum atomic E-state index is 0.0924. The van der Waals surface area contributed by atoms with Gasteiger partial charge in [0.05, 0.1) is 6.04 Å². The first kappa shape index (κ1) is 17.3. The van der Waals surface area contributed by atoms with Gasteiger partial charge in [-0.15, -0.1) is 0 Å². The van der Waals surface area contributed by atoms with Crippen LogP contribution in [0.1, 0.15) is 37.3 Å². The highest BCUT2D eigenvalue weighted by Crippen LogP contribution is 2.35. The Balaban J connectivity index is 1.41. The van der Waals surface area contributed by atoms with Gasteiger partial charge in [0.2, 0.25) is 11.9 Å². The number of hydrogen-bond acceptors (Lipinski definition) is 4. The highest BCUT2D eigenvalue weighted by Gasteiger charge is 2.35. The third-order valence-corrected chi connectivity index (χ3v) is 5.68. The first-order valence-corrected chi connectivity index (χ1v) is 9.68. The third kappa shape index (κ3) is 3.54. The molecule has 2 aliphatic rings. The number of rotatable bonds is 3. The molecule has 2 saturated heterocycles. The number of hydrogen-bond donors (Lipinski definition) is 0. The van der Waals surface area contributed by atoms with Crippen molar-refractivity contribution < 1.29 is 4.79 Å². The maximum absolute atomic E-state index is 13.2. The minimum absolute atomic E-state index is 0.0924. The average Bonchev–Trinajstić information content (AvgIpc) is 3.18. The van der Waals surface area contributed by atoms with Crippen molar-refractivity contribution in [2.45, 2.75) is 31.7 Å². The second-order valence-electron chi connectivity index (χ2n) is 7.05. The summed E-state index contributed by atoms with van der Waals surface area (Å²) < 4.78 is 0. The van der Waals surface area contributed by atoms with Gasteiger partial charge in [0.15, 0.2) is 0 Å². The number of halogens is 1. The molecule has 0 saturated carbocycles. The Morgan fingerprint density at radius 1 is 1.04 bits per heavy atom. The highest BCUT2D eigenvalue weighted by atomic mass is 35.5. The molecule has 2 aliphatic heterocycles. The van der Waals surface area contributed by atoms with Crippen LogP contribution in [0.3, 0.4) is 0 Å². The predicted molar refractivity (Wildman–Crippen MR) is 102 cm³/mol. The molecule has 4 rings (SSSR count). The van der Waals surface area contributed by atoms with Crippen molar-refractivity contribution in [3.63, 3.8) is 0 Å². The maximum atomic E-state index is 13.2. The summed E-state index contributed by atoms with van der Waals surface area (Å²) in [5.41, 5.74) is 1.15. The second-order valence-corrected chi connectivity index (χ2v) is 7.49. The predicted octanol–water partition coefficient (Wildman–Crippen LogP) is 3.71. The van der Waals surface area contributed by atoms with E-state index in [0.29, 0.717) is 5.91 Å². The molecular formula is C20H23ClN4O. The molecule has 1 aromatic heterocycles. The second kappa shape index (κ2) is 7.62. The van der Waals surface area contributed by atoms with E-state index >= 15 is 0 Å². The van der Waals surface area contributed by atoms with Crippen molar-refractivity contribution in [1.29, 1.82) is 0 Å². The van der Waals surface area contributed by atoms with Gasteiger partial charge in [0, 0.05) is 43.0 Å². The Bertz CT molecular complexity index is 761. The zero-order valence-corrected chi connectivity index (χ0v) is 15.5. The number of benzene rings is 1. The first-order valence-electron chi connectivity index (χ1n) is 9.30. The molecule has 2 fully saturated rings. The molecule has 6 heteroatoms. The Kier molecular flexibility index (Phi) is 5.07. The van der Waals surface area contributed by atoms with Gasteiger partial charge in [-0.25, -0.2) is 9.97 Å². The highest BCUT2D eigenvalue weighted by molar-refractivity contribution is 6.30. The van der Waals surface area contributed by atoms with Gasteiger partial charge < -0.3 is 9.80 Å². The minimum Gasteiger partial charge on any atom is -0.341 e. The molecule has 0 aliphatic carbocycles. The van der Waals surface area contributed by atoms with E-state index in [4.69, 9.17) is 11.6 Å². The Labute approximate surface area is 159 Å². The van der Waals surface area contributed by atoms with Gasteiger partial charge in [0.25, 0.3) is 0 Å². The van der Waals surface area contributed by atoms with Gasteiger partial charge in [-0.3, -0.25) is 4.79 Å². The lowest BCUT2D eigenvalue weighted by Gasteiger charge is -2.35. The van der Waals surface area contributed by atoms with E-state index in [0.717, 1.165) is 61.9 Å². The molecule has 1 amide bonds. The van der Waals surface area contributed by atoms with Crippen molar-refractivity contribution in [2.24, 2.45) is 5.92 Å². The van der Waals surface area contributed by atoms with Crippen molar-refractivity contribution in [1.82, 2.24) is 14.9 Å². The number of carbonyl (C=O) groups is 1. The van der Waals surface area contributed by atoms with E-state index in [1.54, 1.807) is 12.4 Å². The number of carbonyl (C=O) groups excluding carboxylic acids is 1. The van der Waals surface area contributed by atoms with E-state index < -0.39 is 0 Å². The van der Waals surface area contributed by atoms with Crippen LogP contribution in [-0.4, -0.2) is 40.4 Å². The topological polar surface area (TPSA) is 49.3 Å². The Morgan fingerprint density at radius 2 is 1.81 bits per heavy atom. The number of nitrogens with zero attached hydrogens (tertiary/aromatic N) is 4. The maximum Gasteiger partial charge on any atom is 0.226 e. The lowest BCUT2D eigenvalue weighted by Crippen LogP contribution is -2.42. The summed E-state index contributed by atoms with van der Waals surface area (Å²) in [6, 6.07) is 9.91. The molecule has 5 nitrogen and oxygen atoms in total. The summed E-state index contributed by atoms with van der Waals surface area (Å²) >= 11 is 6.15. The van der Waals surface area contributed by atoms with Crippen LogP contribution in [0.5, 0.6) is 0 Å². The number of piperidine rings is 1. The summed E-state index contributed by atoms with van der Waals surface area (Å²) in [7, 11) is 0. The molecule has 0 bridgehead atoms. The molecule has 26 heavy (non-hydrogen) atoms. The summed E-state index contributed by atoms with van der Waals surface area (Å²) in [5.74, 6) is 1.15. The zero-order valence-electron chi connectivity index (χ0n) is 14.7. The lowest BCUT2D eigenvalue weighted by molar-refractivity contribution is -0.137. The van der Waals surface area contributed by atoms with E-state index in [1.165, 1.54) is 0 Å². The quantitative estimate of drug-likeness (QED) is 0.826. The summed E-state index contributed by atoms with van der Waals surface area (Å²) in [4.78, 5) is 26.0. The molecule has 1 atom stereocenters. The largest absolute Gasteiger partial charge is 0.341 e. The van der Waals surface area contributed by atoms with E-state index in [2.05, 4.69) is 25.8 Å². The Morgan fingerprint density at radius 3 is 2.54 bits per heavy atom. The van der Waals surface area contributed by atoms with Crippen molar-refractivity contribution in [3.8, 4) is 0 Å². The standard InChI is InChI=1S/C20H23ClN4O/c21-17-5-1-4-16(14-17)18-6-2-11-25(18)19(26)15-7-12-24(13-8-15)20-22-9-3-10-23-20/h1,3-5,9-10,14-15,18H,2,6-8,11-13H2. The number of aromatic nitrogens is 2. The molecule has 1 unspecified atom stereocenters. The van der Waals surface area contributed by atoms with Gasteiger partial charge in [-0.1, -0.05) is 23.7 Å². The van der Waals surface area contributed by atoms with Crippen LogP contribution in [-0.2, 0) is 4.79 Å². The number of amides is 1.